The molecule has 2 rings (SSSR count). The third-order valence-corrected chi connectivity index (χ3v) is 3.84. The summed E-state index contributed by atoms with van der Waals surface area (Å²) >= 11 is 0. The van der Waals surface area contributed by atoms with Crippen molar-refractivity contribution in [2.24, 2.45) is 5.73 Å². The molecule has 0 bridgehead atoms. The van der Waals surface area contributed by atoms with E-state index >= 15 is 0 Å². The fourth-order valence-corrected chi connectivity index (χ4v) is 2.77. The summed E-state index contributed by atoms with van der Waals surface area (Å²) in [7, 11) is 1.70. The van der Waals surface area contributed by atoms with Crippen LogP contribution in [0, 0.1) is 0 Å². The Morgan fingerprint density at radius 2 is 2.25 bits per heavy atom. The van der Waals surface area contributed by atoms with Crippen molar-refractivity contribution in [3.63, 3.8) is 0 Å². The molecule has 112 valence electrons. The van der Waals surface area contributed by atoms with Gasteiger partial charge in [-0.15, -0.1) is 0 Å². The lowest BCUT2D eigenvalue weighted by Gasteiger charge is -2.35. The van der Waals surface area contributed by atoms with Gasteiger partial charge in [-0.05, 0) is 31.0 Å². The molecular formula is C16H26N2O2. The summed E-state index contributed by atoms with van der Waals surface area (Å²) in [5.74, 6) is 0.907. The summed E-state index contributed by atoms with van der Waals surface area (Å²) in [6.07, 6.45) is 2.07. The first-order chi connectivity index (χ1) is 9.74. The molecule has 1 saturated heterocycles. The Kier molecular flexibility index (Phi) is 5.83. The molecular weight excluding hydrogens is 252 g/mol. The summed E-state index contributed by atoms with van der Waals surface area (Å²) in [5, 5.41) is 0. The van der Waals surface area contributed by atoms with E-state index in [0.717, 1.165) is 44.0 Å². The molecule has 0 amide bonds. The largest absolute Gasteiger partial charge is 0.496 e. The topological polar surface area (TPSA) is 47.7 Å². The molecule has 1 heterocycles. The Bertz CT molecular complexity index is 409. The van der Waals surface area contributed by atoms with E-state index in [2.05, 4.69) is 17.9 Å². The Hall–Kier alpha value is -1.10. The second-order valence-corrected chi connectivity index (χ2v) is 5.39. The number of methoxy groups -OCH3 is 1. The van der Waals surface area contributed by atoms with Gasteiger partial charge in [0.1, 0.15) is 5.75 Å². The minimum atomic E-state index is 0.00551. The van der Waals surface area contributed by atoms with Gasteiger partial charge in [-0.2, -0.15) is 0 Å². The summed E-state index contributed by atoms with van der Waals surface area (Å²) in [6, 6.07) is 8.06. The van der Waals surface area contributed by atoms with Crippen LogP contribution in [0.25, 0.3) is 0 Å². The van der Waals surface area contributed by atoms with Crippen LogP contribution in [-0.2, 0) is 11.2 Å². The lowest BCUT2D eigenvalue weighted by atomic mass is 10.00. The minimum absolute atomic E-state index is 0.00551. The standard InChI is InChI=1S/C16H26N2O2/c1-3-8-18-9-10-20-16(12-18)14(17)11-13-6-4-5-7-15(13)19-2/h4-7,14,16H,3,8-12,17H2,1-2H3. The Morgan fingerprint density at radius 3 is 3.00 bits per heavy atom. The fraction of sp³-hybridized carbons (Fsp3) is 0.625. The van der Waals surface area contributed by atoms with E-state index < -0.39 is 0 Å². The van der Waals surface area contributed by atoms with Crippen molar-refractivity contribution < 1.29 is 9.47 Å². The van der Waals surface area contributed by atoms with Crippen LogP contribution in [0.3, 0.4) is 0 Å². The molecule has 0 radical (unpaired) electrons. The van der Waals surface area contributed by atoms with Gasteiger partial charge in [0.25, 0.3) is 0 Å². The van der Waals surface area contributed by atoms with Gasteiger partial charge in [0, 0.05) is 19.1 Å². The molecule has 0 aliphatic carbocycles. The molecule has 1 fully saturated rings. The highest BCUT2D eigenvalue weighted by atomic mass is 16.5. The van der Waals surface area contributed by atoms with Crippen molar-refractivity contribution in [3.8, 4) is 5.75 Å². The second-order valence-electron chi connectivity index (χ2n) is 5.39. The average Bonchev–Trinajstić information content (AvgIpc) is 2.48. The number of nitrogens with two attached hydrogens (primary N) is 1. The van der Waals surface area contributed by atoms with Crippen LogP contribution < -0.4 is 10.5 Å². The van der Waals surface area contributed by atoms with Gasteiger partial charge < -0.3 is 15.2 Å². The van der Waals surface area contributed by atoms with E-state index in [1.54, 1.807) is 7.11 Å². The molecule has 1 aromatic carbocycles. The third kappa shape index (κ3) is 3.95. The molecule has 4 heteroatoms. The van der Waals surface area contributed by atoms with Crippen LogP contribution in [0.15, 0.2) is 24.3 Å². The van der Waals surface area contributed by atoms with Crippen molar-refractivity contribution in [3.05, 3.63) is 29.8 Å². The van der Waals surface area contributed by atoms with Crippen LogP contribution in [0.5, 0.6) is 5.75 Å². The van der Waals surface area contributed by atoms with Crippen LogP contribution in [0.2, 0.25) is 0 Å². The number of morpholine rings is 1. The molecule has 20 heavy (non-hydrogen) atoms. The van der Waals surface area contributed by atoms with E-state index in [-0.39, 0.29) is 12.1 Å². The van der Waals surface area contributed by atoms with Crippen LogP contribution in [0.4, 0.5) is 0 Å². The predicted octanol–water partition coefficient (Wildman–Crippen LogP) is 1.68. The Balaban J connectivity index is 1.95. The van der Waals surface area contributed by atoms with Gasteiger partial charge >= 0.3 is 0 Å². The number of para-hydroxylation sites is 1. The van der Waals surface area contributed by atoms with Gasteiger partial charge in [0.15, 0.2) is 0 Å². The maximum atomic E-state index is 6.36. The number of rotatable bonds is 6. The van der Waals surface area contributed by atoms with Gasteiger partial charge in [0.2, 0.25) is 0 Å². The number of nitrogens with zero attached hydrogens (tertiary/aromatic N) is 1. The Morgan fingerprint density at radius 1 is 1.45 bits per heavy atom. The molecule has 0 saturated carbocycles. The number of ether oxygens (including phenoxy) is 2. The van der Waals surface area contributed by atoms with Gasteiger partial charge in [0.05, 0.1) is 19.8 Å². The highest BCUT2D eigenvalue weighted by molar-refractivity contribution is 5.34. The smallest absolute Gasteiger partial charge is 0.122 e. The van der Waals surface area contributed by atoms with Gasteiger partial charge in [-0.25, -0.2) is 0 Å². The van der Waals surface area contributed by atoms with Crippen molar-refractivity contribution >= 4 is 0 Å². The third-order valence-electron chi connectivity index (χ3n) is 3.84. The summed E-state index contributed by atoms with van der Waals surface area (Å²) in [5.41, 5.74) is 7.51. The summed E-state index contributed by atoms with van der Waals surface area (Å²) < 4.78 is 11.2. The normalized spacial score (nSPS) is 21.6. The number of benzene rings is 1. The van der Waals surface area contributed by atoms with E-state index in [0.29, 0.717) is 0 Å². The van der Waals surface area contributed by atoms with E-state index in [1.807, 2.05) is 18.2 Å². The monoisotopic (exact) mass is 278 g/mol. The summed E-state index contributed by atoms with van der Waals surface area (Å²) in [4.78, 5) is 2.44. The first kappa shape index (κ1) is 15.3. The van der Waals surface area contributed by atoms with Crippen LogP contribution >= 0.6 is 0 Å². The van der Waals surface area contributed by atoms with E-state index in [9.17, 15) is 0 Å². The molecule has 2 atom stereocenters. The van der Waals surface area contributed by atoms with E-state index in [1.165, 1.54) is 6.42 Å². The van der Waals surface area contributed by atoms with Crippen molar-refractivity contribution in [2.45, 2.75) is 31.9 Å². The highest BCUT2D eigenvalue weighted by Gasteiger charge is 2.26. The Labute approximate surface area is 121 Å². The molecule has 1 aromatic rings. The lowest BCUT2D eigenvalue weighted by Crippen LogP contribution is -2.51. The van der Waals surface area contributed by atoms with E-state index in [4.69, 9.17) is 15.2 Å². The van der Waals surface area contributed by atoms with Crippen LogP contribution in [-0.4, -0.2) is 50.4 Å². The first-order valence-electron chi connectivity index (χ1n) is 7.46. The zero-order chi connectivity index (χ0) is 14.4. The maximum Gasteiger partial charge on any atom is 0.122 e. The maximum absolute atomic E-state index is 6.36. The number of hydrogen-bond donors (Lipinski definition) is 1. The van der Waals surface area contributed by atoms with Crippen molar-refractivity contribution in [2.75, 3.05) is 33.4 Å². The minimum Gasteiger partial charge on any atom is -0.496 e. The first-order valence-corrected chi connectivity index (χ1v) is 7.46. The molecule has 4 nitrogen and oxygen atoms in total. The zero-order valence-electron chi connectivity index (χ0n) is 12.5. The zero-order valence-corrected chi connectivity index (χ0v) is 12.5. The average molecular weight is 278 g/mol. The molecule has 0 spiro atoms. The van der Waals surface area contributed by atoms with Gasteiger partial charge in [-0.3, -0.25) is 4.90 Å². The number of hydrogen-bond acceptors (Lipinski definition) is 4. The van der Waals surface area contributed by atoms with Crippen molar-refractivity contribution in [1.29, 1.82) is 0 Å². The lowest BCUT2D eigenvalue weighted by molar-refractivity contribution is -0.0401. The second kappa shape index (κ2) is 7.62. The molecule has 2 N–H and O–H groups in total. The molecule has 1 aliphatic heterocycles. The van der Waals surface area contributed by atoms with Crippen LogP contribution in [0.1, 0.15) is 18.9 Å². The molecule has 0 aromatic heterocycles. The quantitative estimate of drug-likeness (QED) is 0.860. The molecule has 1 aliphatic rings. The molecule has 2 unspecified atom stereocenters. The van der Waals surface area contributed by atoms with Gasteiger partial charge in [-0.1, -0.05) is 25.1 Å². The summed E-state index contributed by atoms with van der Waals surface area (Å²) in [6.45, 7) is 6.07. The SMILES string of the molecule is CCCN1CCOC(C(N)Cc2ccccc2OC)C1. The highest BCUT2D eigenvalue weighted by Crippen LogP contribution is 2.20. The van der Waals surface area contributed by atoms with Crippen molar-refractivity contribution in [1.82, 2.24) is 4.90 Å². The fourth-order valence-electron chi connectivity index (χ4n) is 2.77. The predicted molar refractivity (Wildman–Crippen MR) is 81.1 cm³/mol.